The highest BCUT2D eigenvalue weighted by atomic mass is 19.4. The number of benzene rings is 2. The van der Waals surface area contributed by atoms with Crippen molar-refractivity contribution in [2.24, 2.45) is 0 Å². The molecule has 4 N–H and O–H groups in total. The third-order valence-corrected chi connectivity index (χ3v) is 8.77. The molecular formula is C34H40F16N2. The Balaban J connectivity index is 2.88. The molecule has 0 heterocycles. The number of halogens is 16. The van der Waals surface area contributed by atoms with Crippen LogP contribution in [-0.4, -0.2) is 35.5 Å². The van der Waals surface area contributed by atoms with Crippen molar-refractivity contribution in [3.8, 4) is 0 Å². The van der Waals surface area contributed by atoms with Gasteiger partial charge < -0.3 is 11.5 Å². The largest absolute Gasteiger partial charge is 0.398 e. The molecular weight excluding hydrogens is 740 g/mol. The van der Waals surface area contributed by atoms with Gasteiger partial charge in [0, 0.05) is 22.5 Å². The standard InChI is InChI=1S/C34H40F16N2/c1-15(2)19-11-17(13-21(23(19)51)25(5,6)7)27(35,36)29(39,40)31(43,44)33(47,48)34(49,50)32(45,46)30(41,42)28(37,38)18-12-20(16(3)4)24(52)22(14-18)26(8,9)10/h11-16H,51-52H2,1-10H3. The van der Waals surface area contributed by atoms with Crippen molar-refractivity contribution in [3.05, 3.63) is 57.6 Å². The van der Waals surface area contributed by atoms with Crippen molar-refractivity contribution < 1.29 is 70.2 Å². The zero-order chi connectivity index (χ0) is 41.6. The first-order chi connectivity index (χ1) is 22.6. The quantitative estimate of drug-likeness (QED) is 0.176. The van der Waals surface area contributed by atoms with E-state index < -0.39 is 103 Å². The summed E-state index contributed by atoms with van der Waals surface area (Å²) in [6.45, 7) is 12.7. The van der Waals surface area contributed by atoms with E-state index in [1.54, 1.807) is 0 Å². The molecule has 2 nitrogen and oxygen atoms in total. The summed E-state index contributed by atoms with van der Waals surface area (Å²) in [6.07, 6.45) is 0. The van der Waals surface area contributed by atoms with E-state index >= 15 is 35.1 Å². The SMILES string of the molecule is CC(C)c1cc(C(F)(F)C(F)(F)C(F)(F)C(F)(F)C(F)(F)C(F)(F)C(F)(F)C(F)(F)c2cc(C(C)C)c(N)c(C(C)(C)C)c2)cc(C(C)(C)C)c1N. The predicted molar refractivity (Wildman–Crippen MR) is 165 cm³/mol. The Kier molecular flexibility index (Phi) is 11.1. The lowest BCUT2D eigenvalue weighted by Gasteiger charge is -2.44. The summed E-state index contributed by atoms with van der Waals surface area (Å²) in [5, 5.41) is 0. The molecule has 0 aliphatic carbocycles. The lowest BCUT2D eigenvalue weighted by atomic mass is 9.79. The molecule has 0 radical (unpaired) electrons. The Bertz CT molecular complexity index is 1520. The molecule has 0 aliphatic rings. The van der Waals surface area contributed by atoms with Crippen LogP contribution in [0.25, 0.3) is 0 Å². The van der Waals surface area contributed by atoms with Crippen LogP contribution >= 0.6 is 0 Å². The number of anilines is 2. The van der Waals surface area contributed by atoms with Crippen LogP contribution in [0.1, 0.15) is 114 Å². The van der Waals surface area contributed by atoms with Gasteiger partial charge in [-0.25, -0.2) is 0 Å². The normalized spacial score (nSPS) is 15.2. The van der Waals surface area contributed by atoms with E-state index in [0.29, 0.717) is 0 Å². The first-order valence-electron chi connectivity index (χ1n) is 15.5. The van der Waals surface area contributed by atoms with Crippen molar-refractivity contribution in [1.82, 2.24) is 0 Å². The van der Waals surface area contributed by atoms with Gasteiger partial charge in [-0.2, -0.15) is 70.2 Å². The molecule has 0 amide bonds. The second-order valence-electron chi connectivity index (χ2n) is 15.5. The van der Waals surface area contributed by atoms with Crippen LogP contribution in [-0.2, 0) is 22.7 Å². The Morgan fingerprint density at radius 1 is 0.385 bits per heavy atom. The molecule has 52 heavy (non-hydrogen) atoms. The second kappa shape index (κ2) is 12.8. The Morgan fingerprint density at radius 3 is 0.788 bits per heavy atom. The number of hydrogen-bond acceptors (Lipinski definition) is 2. The smallest absolute Gasteiger partial charge is 0.385 e. The maximum absolute atomic E-state index is 15.4. The monoisotopic (exact) mass is 780 g/mol. The summed E-state index contributed by atoms with van der Waals surface area (Å²) in [7, 11) is 0. The third-order valence-electron chi connectivity index (χ3n) is 8.77. The third kappa shape index (κ3) is 6.44. The lowest BCUT2D eigenvalue weighted by Crippen LogP contribution is -2.74. The minimum atomic E-state index is -8.56. The minimum Gasteiger partial charge on any atom is -0.398 e. The number of nitrogen functional groups attached to an aromatic ring is 2. The average molecular weight is 781 g/mol. The van der Waals surface area contributed by atoms with E-state index in [-0.39, 0.29) is 35.6 Å². The average Bonchev–Trinajstić information content (AvgIpc) is 2.94. The van der Waals surface area contributed by atoms with Crippen molar-refractivity contribution in [2.75, 3.05) is 11.5 Å². The molecule has 0 fully saturated rings. The Hall–Kier alpha value is -3.08. The second-order valence-corrected chi connectivity index (χ2v) is 15.5. The van der Waals surface area contributed by atoms with E-state index in [1.165, 1.54) is 69.2 Å². The van der Waals surface area contributed by atoms with Crippen LogP contribution in [0.5, 0.6) is 0 Å². The number of nitrogens with two attached hydrogens (primary N) is 2. The number of rotatable bonds is 11. The summed E-state index contributed by atoms with van der Waals surface area (Å²) in [5.41, 5.74) is 2.36. The van der Waals surface area contributed by atoms with E-state index in [0.717, 1.165) is 0 Å². The van der Waals surface area contributed by atoms with Gasteiger partial charge in [-0.3, -0.25) is 0 Å². The molecule has 0 atom stereocenters. The molecule has 18 heteroatoms. The zero-order valence-electron chi connectivity index (χ0n) is 29.7. The lowest BCUT2D eigenvalue weighted by molar-refractivity contribution is -0.456. The molecule has 0 aromatic heterocycles. The molecule has 0 saturated carbocycles. The van der Waals surface area contributed by atoms with Gasteiger partial charge in [0.1, 0.15) is 0 Å². The molecule has 2 aromatic rings. The summed E-state index contributed by atoms with van der Waals surface area (Å²) >= 11 is 0. The fraction of sp³-hybridized carbons (Fsp3) is 0.647. The first-order valence-corrected chi connectivity index (χ1v) is 15.5. The highest BCUT2D eigenvalue weighted by Gasteiger charge is 2.95. The summed E-state index contributed by atoms with van der Waals surface area (Å²) in [5.74, 6) is -64.4. The van der Waals surface area contributed by atoms with Crippen LogP contribution in [0.2, 0.25) is 0 Å². The van der Waals surface area contributed by atoms with Crippen LogP contribution in [0, 0.1) is 0 Å². The van der Waals surface area contributed by atoms with E-state index in [4.69, 9.17) is 11.5 Å². The Morgan fingerprint density at radius 2 is 0.596 bits per heavy atom. The van der Waals surface area contributed by atoms with Crippen LogP contribution in [0.15, 0.2) is 24.3 Å². The van der Waals surface area contributed by atoms with Crippen LogP contribution < -0.4 is 11.5 Å². The zero-order valence-corrected chi connectivity index (χ0v) is 29.7. The summed E-state index contributed by atoms with van der Waals surface area (Å²) in [6, 6.07) is 0.300. The van der Waals surface area contributed by atoms with Crippen LogP contribution in [0.3, 0.4) is 0 Å². The highest BCUT2D eigenvalue weighted by Crippen LogP contribution is 2.66. The van der Waals surface area contributed by atoms with Crippen molar-refractivity contribution in [3.63, 3.8) is 0 Å². The first kappa shape index (κ1) is 45.1. The molecule has 298 valence electrons. The van der Waals surface area contributed by atoms with E-state index in [9.17, 15) is 35.1 Å². The van der Waals surface area contributed by atoms with Crippen molar-refractivity contribution in [1.29, 1.82) is 0 Å². The van der Waals surface area contributed by atoms with Gasteiger partial charge in [0.05, 0.1) is 0 Å². The van der Waals surface area contributed by atoms with Gasteiger partial charge in [0.2, 0.25) is 0 Å². The van der Waals surface area contributed by atoms with Crippen LogP contribution in [0.4, 0.5) is 81.6 Å². The van der Waals surface area contributed by atoms with Gasteiger partial charge in [-0.05, 0) is 69.2 Å². The van der Waals surface area contributed by atoms with Crippen molar-refractivity contribution in [2.45, 2.75) is 139 Å². The van der Waals surface area contributed by atoms with E-state index in [2.05, 4.69) is 0 Å². The topological polar surface area (TPSA) is 52.0 Å². The molecule has 0 unspecified atom stereocenters. The number of hydrogen-bond donors (Lipinski definition) is 2. The van der Waals surface area contributed by atoms with Crippen molar-refractivity contribution >= 4 is 11.4 Å². The van der Waals surface area contributed by atoms with Gasteiger partial charge in [-0.15, -0.1) is 0 Å². The molecule has 0 aliphatic heterocycles. The summed E-state index contributed by atoms with van der Waals surface area (Å²) in [4.78, 5) is 0. The molecule has 2 rings (SSSR count). The minimum absolute atomic E-state index is 0.0721. The fourth-order valence-electron chi connectivity index (χ4n) is 5.46. The highest BCUT2D eigenvalue weighted by molar-refractivity contribution is 5.61. The Labute approximate surface area is 290 Å². The maximum Gasteiger partial charge on any atom is 0.385 e. The molecule has 0 bridgehead atoms. The molecule has 0 saturated heterocycles. The van der Waals surface area contributed by atoms with E-state index in [1.807, 2.05) is 0 Å². The fourth-order valence-corrected chi connectivity index (χ4v) is 5.46. The maximum atomic E-state index is 15.4. The number of alkyl halides is 16. The van der Waals surface area contributed by atoms with Gasteiger partial charge in [0.25, 0.3) is 0 Å². The summed E-state index contributed by atoms with van der Waals surface area (Å²) < 4.78 is 242. The van der Waals surface area contributed by atoms with Gasteiger partial charge >= 0.3 is 47.4 Å². The van der Waals surface area contributed by atoms with Gasteiger partial charge in [-0.1, -0.05) is 69.2 Å². The molecule has 0 spiro atoms. The predicted octanol–water partition coefficient (Wildman–Crippen LogP) is 12.4. The van der Waals surface area contributed by atoms with Gasteiger partial charge in [0.15, 0.2) is 0 Å². The molecule has 2 aromatic carbocycles.